The molecule has 1 amide bonds. The Labute approximate surface area is 143 Å². The number of rotatable bonds is 1. The molecule has 3 heteroatoms. The predicted molar refractivity (Wildman–Crippen MR) is 94.4 cm³/mol. The van der Waals surface area contributed by atoms with E-state index in [1.165, 1.54) is 6.42 Å². The molecule has 2 aliphatic rings. The fraction of sp³-hybridized carbons (Fsp3) is 0.381. The van der Waals surface area contributed by atoms with Crippen LogP contribution in [0.3, 0.4) is 0 Å². The predicted octanol–water partition coefficient (Wildman–Crippen LogP) is 4.71. The molecule has 2 aromatic carbocycles. The van der Waals surface area contributed by atoms with Crippen LogP contribution in [0.2, 0.25) is 0 Å². The summed E-state index contributed by atoms with van der Waals surface area (Å²) in [4.78, 5) is 15.7. The Balaban J connectivity index is 1.81. The maximum atomic E-state index is 13.6. The lowest BCUT2D eigenvalue weighted by molar-refractivity contribution is -0.138. The number of carbonyl (C=O) groups excluding carboxylic acids is 1. The maximum absolute atomic E-state index is 13.6. The topological polar surface area (TPSA) is 29.5 Å². The number of likely N-dealkylation sites (tertiary alicyclic amines) is 1. The Hall–Kier alpha value is -2.29. The average molecular weight is 321 g/mol. The van der Waals surface area contributed by atoms with Crippen LogP contribution in [0.4, 0.5) is 0 Å². The van der Waals surface area contributed by atoms with Gasteiger partial charge in [0.2, 0.25) is 5.91 Å². The number of carbonyl (C=O) groups is 1. The molecule has 1 fully saturated rings. The lowest BCUT2D eigenvalue weighted by atomic mass is 9.85. The van der Waals surface area contributed by atoms with Crippen molar-refractivity contribution >= 4 is 5.91 Å². The molecule has 24 heavy (non-hydrogen) atoms. The summed E-state index contributed by atoms with van der Waals surface area (Å²) in [6.45, 7) is 4.34. The third-order valence-corrected chi connectivity index (χ3v) is 5.37. The number of para-hydroxylation sites is 2. The van der Waals surface area contributed by atoms with Crippen molar-refractivity contribution in [2.24, 2.45) is 0 Å². The molecule has 0 saturated carbocycles. The molecular weight excluding hydrogens is 298 g/mol. The minimum Gasteiger partial charge on any atom is -0.457 e. The molecule has 0 bridgehead atoms. The zero-order chi connectivity index (χ0) is 16.7. The van der Waals surface area contributed by atoms with E-state index in [1.807, 2.05) is 48.5 Å². The monoisotopic (exact) mass is 321 g/mol. The van der Waals surface area contributed by atoms with E-state index < -0.39 is 0 Å². The molecule has 4 rings (SSSR count). The molecule has 2 aliphatic heterocycles. The van der Waals surface area contributed by atoms with Gasteiger partial charge in [-0.15, -0.1) is 0 Å². The van der Waals surface area contributed by atoms with Crippen molar-refractivity contribution in [3.05, 3.63) is 59.7 Å². The summed E-state index contributed by atoms with van der Waals surface area (Å²) >= 11 is 0. The minimum absolute atomic E-state index is 0.206. The number of ether oxygens (including phenoxy) is 1. The van der Waals surface area contributed by atoms with Crippen molar-refractivity contribution in [3.8, 4) is 11.5 Å². The standard InChI is InChI=1S/C21H23NO2/c1-14-8-7-9-15(2)22(14)21(23)20-16-10-3-5-12-18(16)24-19-13-6-4-11-17(19)20/h3-6,10-15,20H,7-9H2,1-2H3/t14-,15-/m1/s1. The number of nitrogens with zero attached hydrogens (tertiary/aromatic N) is 1. The Morgan fingerprint density at radius 1 is 0.917 bits per heavy atom. The molecule has 2 aromatic rings. The molecule has 2 heterocycles. The van der Waals surface area contributed by atoms with Crippen molar-refractivity contribution in [3.63, 3.8) is 0 Å². The summed E-state index contributed by atoms with van der Waals surface area (Å²) < 4.78 is 6.03. The van der Waals surface area contributed by atoms with Crippen molar-refractivity contribution in [1.29, 1.82) is 0 Å². The van der Waals surface area contributed by atoms with Crippen molar-refractivity contribution in [2.75, 3.05) is 0 Å². The van der Waals surface area contributed by atoms with E-state index in [4.69, 9.17) is 4.74 Å². The lowest BCUT2D eigenvalue weighted by Gasteiger charge is -2.42. The second-order valence-corrected chi connectivity index (χ2v) is 6.99. The summed E-state index contributed by atoms with van der Waals surface area (Å²) in [5.74, 6) is 1.53. The fourth-order valence-corrected chi connectivity index (χ4v) is 4.18. The smallest absolute Gasteiger partial charge is 0.235 e. The van der Waals surface area contributed by atoms with E-state index in [0.29, 0.717) is 12.1 Å². The van der Waals surface area contributed by atoms with E-state index in [1.54, 1.807) is 0 Å². The van der Waals surface area contributed by atoms with Crippen LogP contribution in [0, 0.1) is 0 Å². The second kappa shape index (κ2) is 5.97. The Bertz CT molecular complexity index is 714. The Morgan fingerprint density at radius 2 is 1.42 bits per heavy atom. The van der Waals surface area contributed by atoms with E-state index in [2.05, 4.69) is 18.7 Å². The SMILES string of the molecule is C[C@@H]1CCC[C@@H](C)N1C(=O)C1c2ccccc2Oc2ccccc21. The average Bonchev–Trinajstić information content (AvgIpc) is 2.59. The summed E-state index contributed by atoms with van der Waals surface area (Å²) in [6, 6.07) is 16.4. The summed E-state index contributed by atoms with van der Waals surface area (Å²) in [5.41, 5.74) is 1.96. The van der Waals surface area contributed by atoms with E-state index in [-0.39, 0.29) is 11.8 Å². The highest BCUT2D eigenvalue weighted by molar-refractivity contribution is 5.90. The molecular formula is C21H23NO2. The van der Waals surface area contributed by atoms with Gasteiger partial charge in [-0.3, -0.25) is 4.79 Å². The van der Waals surface area contributed by atoms with Gasteiger partial charge in [0.05, 0.1) is 5.92 Å². The lowest BCUT2D eigenvalue weighted by Crippen LogP contribution is -2.49. The minimum atomic E-state index is -0.269. The number of hydrogen-bond donors (Lipinski definition) is 0. The Kier molecular flexibility index (Phi) is 3.79. The van der Waals surface area contributed by atoms with Gasteiger partial charge in [0.25, 0.3) is 0 Å². The molecule has 0 aliphatic carbocycles. The van der Waals surface area contributed by atoms with Crippen LogP contribution in [-0.2, 0) is 4.79 Å². The van der Waals surface area contributed by atoms with Gasteiger partial charge in [0.15, 0.2) is 0 Å². The van der Waals surface area contributed by atoms with Gasteiger partial charge in [0, 0.05) is 23.2 Å². The summed E-state index contributed by atoms with van der Waals surface area (Å²) in [7, 11) is 0. The second-order valence-electron chi connectivity index (χ2n) is 6.99. The molecule has 0 unspecified atom stereocenters. The van der Waals surface area contributed by atoms with Gasteiger partial charge >= 0.3 is 0 Å². The van der Waals surface area contributed by atoms with E-state index in [9.17, 15) is 4.79 Å². The van der Waals surface area contributed by atoms with Crippen molar-refractivity contribution in [1.82, 2.24) is 4.90 Å². The Morgan fingerprint density at radius 3 is 1.96 bits per heavy atom. The van der Waals surface area contributed by atoms with Crippen molar-refractivity contribution in [2.45, 2.75) is 51.1 Å². The summed E-state index contributed by atoms with van der Waals surface area (Å²) in [6.07, 6.45) is 3.37. The highest BCUT2D eigenvalue weighted by atomic mass is 16.5. The molecule has 0 N–H and O–H groups in total. The molecule has 0 radical (unpaired) electrons. The number of piperidine rings is 1. The van der Waals surface area contributed by atoms with Gasteiger partial charge in [-0.05, 0) is 45.2 Å². The first kappa shape index (κ1) is 15.3. The van der Waals surface area contributed by atoms with Gasteiger partial charge in [-0.2, -0.15) is 0 Å². The highest BCUT2D eigenvalue weighted by Crippen LogP contribution is 2.45. The molecule has 3 nitrogen and oxygen atoms in total. The fourth-order valence-electron chi connectivity index (χ4n) is 4.18. The number of amides is 1. The van der Waals surface area contributed by atoms with Crippen LogP contribution >= 0.6 is 0 Å². The van der Waals surface area contributed by atoms with Gasteiger partial charge in [0.1, 0.15) is 11.5 Å². The first-order valence-corrected chi connectivity index (χ1v) is 8.84. The third kappa shape index (κ3) is 2.39. The molecule has 0 spiro atoms. The highest BCUT2D eigenvalue weighted by Gasteiger charge is 2.39. The zero-order valence-electron chi connectivity index (χ0n) is 14.2. The van der Waals surface area contributed by atoms with Gasteiger partial charge < -0.3 is 9.64 Å². The van der Waals surface area contributed by atoms with Crippen LogP contribution in [-0.4, -0.2) is 22.9 Å². The van der Waals surface area contributed by atoms with E-state index in [0.717, 1.165) is 35.5 Å². The van der Waals surface area contributed by atoms with Crippen LogP contribution < -0.4 is 4.74 Å². The first-order valence-electron chi connectivity index (χ1n) is 8.84. The quantitative estimate of drug-likeness (QED) is 0.761. The third-order valence-electron chi connectivity index (χ3n) is 5.37. The van der Waals surface area contributed by atoms with Gasteiger partial charge in [-0.25, -0.2) is 0 Å². The van der Waals surface area contributed by atoms with Crippen LogP contribution in [0.15, 0.2) is 48.5 Å². The molecule has 2 atom stereocenters. The molecule has 1 saturated heterocycles. The maximum Gasteiger partial charge on any atom is 0.235 e. The van der Waals surface area contributed by atoms with Gasteiger partial charge in [-0.1, -0.05) is 36.4 Å². The number of hydrogen-bond acceptors (Lipinski definition) is 2. The van der Waals surface area contributed by atoms with Crippen molar-refractivity contribution < 1.29 is 9.53 Å². The van der Waals surface area contributed by atoms with E-state index >= 15 is 0 Å². The molecule has 0 aromatic heterocycles. The zero-order valence-corrected chi connectivity index (χ0v) is 14.2. The van der Waals surface area contributed by atoms with Crippen LogP contribution in [0.5, 0.6) is 11.5 Å². The normalized spacial score (nSPS) is 23.2. The largest absolute Gasteiger partial charge is 0.457 e. The van der Waals surface area contributed by atoms with Crippen LogP contribution in [0.25, 0.3) is 0 Å². The number of benzene rings is 2. The summed E-state index contributed by atoms with van der Waals surface area (Å²) in [5, 5.41) is 0. The number of fused-ring (bicyclic) bond motifs is 2. The first-order chi connectivity index (χ1) is 11.7. The molecule has 124 valence electrons. The van der Waals surface area contributed by atoms with Crippen LogP contribution in [0.1, 0.15) is 50.2 Å².